The molecule has 3 rings (SSSR count). The first kappa shape index (κ1) is 13.6. The SMILES string of the molecule is BrCc1cc(Br)c2occc2c1OCc1ccncc1. The summed E-state index contributed by atoms with van der Waals surface area (Å²) in [5.41, 5.74) is 2.97. The van der Waals surface area contributed by atoms with Crippen LogP contribution >= 0.6 is 31.9 Å². The number of hydrogen-bond donors (Lipinski definition) is 0. The Morgan fingerprint density at radius 3 is 2.75 bits per heavy atom. The smallest absolute Gasteiger partial charge is 0.151 e. The van der Waals surface area contributed by atoms with Crippen molar-refractivity contribution < 1.29 is 9.15 Å². The van der Waals surface area contributed by atoms with E-state index >= 15 is 0 Å². The minimum atomic E-state index is 0.504. The van der Waals surface area contributed by atoms with Gasteiger partial charge in [-0.2, -0.15) is 0 Å². The lowest BCUT2D eigenvalue weighted by Crippen LogP contribution is -1.98. The zero-order valence-corrected chi connectivity index (χ0v) is 13.6. The molecule has 0 radical (unpaired) electrons. The van der Waals surface area contributed by atoms with Gasteiger partial charge in [-0.05, 0) is 45.8 Å². The van der Waals surface area contributed by atoms with Gasteiger partial charge in [-0.15, -0.1) is 0 Å². The Kier molecular flexibility index (Phi) is 4.08. The van der Waals surface area contributed by atoms with E-state index in [-0.39, 0.29) is 0 Å². The van der Waals surface area contributed by atoms with Crippen molar-refractivity contribution in [3.05, 3.63) is 58.5 Å². The topological polar surface area (TPSA) is 35.3 Å². The summed E-state index contributed by atoms with van der Waals surface area (Å²) < 4.78 is 12.4. The van der Waals surface area contributed by atoms with Crippen LogP contribution in [-0.4, -0.2) is 4.98 Å². The fourth-order valence-corrected chi connectivity index (χ4v) is 3.03. The molecule has 2 aromatic heterocycles. The van der Waals surface area contributed by atoms with Gasteiger partial charge in [0.05, 0.1) is 16.1 Å². The molecule has 0 aliphatic heterocycles. The van der Waals surface area contributed by atoms with E-state index < -0.39 is 0 Å². The van der Waals surface area contributed by atoms with E-state index in [9.17, 15) is 0 Å². The van der Waals surface area contributed by atoms with Crippen molar-refractivity contribution in [2.24, 2.45) is 0 Å². The first-order valence-electron chi connectivity index (χ1n) is 6.06. The Morgan fingerprint density at radius 1 is 1.20 bits per heavy atom. The summed E-state index contributed by atoms with van der Waals surface area (Å²) in [4.78, 5) is 4.00. The number of furan rings is 1. The van der Waals surface area contributed by atoms with E-state index in [2.05, 4.69) is 36.8 Å². The van der Waals surface area contributed by atoms with Crippen LogP contribution in [0.3, 0.4) is 0 Å². The zero-order chi connectivity index (χ0) is 13.9. The average molecular weight is 397 g/mol. The largest absolute Gasteiger partial charge is 0.488 e. The quantitative estimate of drug-likeness (QED) is 0.578. The molecule has 0 unspecified atom stereocenters. The van der Waals surface area contributed by atoms with Crippen molar-refractivity contribution in [2.75, 3.05) is 0 Å². The summed E-state index contributed by atoms with van der Waals surface area (Å²) in [5, 5.41) is 1.70. The Bertz CT molecular complexity index is 725. The minimum Gasteiger partial charge on any atom is -0.488 e. The lowest BCUT2D eigenvalue weighted by molar-refractivity contribution is 0.307. The van der Waals surface area contributed by atoms with Gasteiger partial charge in [0.2, 0.25) is 0 Å². The van der Waals surface area contributed by atoms with Crippen LogP contribution < -0.4 is 4.74 Å². The molecule has 3 aromatic rings. The Hall–Kier alpha value is -1.33. The molecule has 0 bridgehead atoms. The van der Waals surface area contributed by atoms with Crippen molar-refractivity contribution in [1.29, 1.82) is 0 Å². The number of aromatic nitrogens is 1. The number of pyridine rings is 1. The molecule has 0 amide bonds. The molecular weight excluding hydrogens is 386 g/mol. The van der Waals surface area contributed by atoms with Crippen molar-refractivity contribution in [3.8, 4) is 5.75 Å². The zero-order valence-electron chi connectivity index (χ0n) is 10.5. The molecule has 3 nitrogen and oxygen atoms in total. The van der Waals surface area contributed by atoms with Crippen LogP contribution in [0.5, 0.6) is 5.75 Å². The number of fused-ring (bicyclic) bond motifs is 1. The molecule has 0 spiro atoms. The summed E-state index contributed by atoms with van der Waals surface area (Å²) in [6, 6.07) is 7.83. The molecule has 0 atom stereocenters. The molecule has 102 valence electrons. The molecule has 0 fully saturated rings. The minimum absolute atomic E-state index is 0.504. The number of halogens is 2. The maximum absolute atomic E-state index is 6.00. The van der Waals surface area contributed by atoms with E-state index in [1.54, 1.807) is 18.7 Å². The molecule has 0 aliphatic rings. The monoisotopic (exact) mass is 395 g/mol. The number of benzene rings is 1. The molecular formula is C15H11Br2NO2. The summed E-state index contributed by atoms with van der Waals surface area (Å²) in [6.45, 7) is 0.504. The van der Waals surface area contributed by atoms with Gasteiger partial charge < -0.3 is 9.15 Å². The summed E-state index contributed by atoms with van der Waals surface area (Å²) in [5.74, 6) is 0.852. The van der Waals surface area contributed by atoms with Crippen LogP contribution in [-0.2, 0) is 11.9 Å². The summed E-state index contributed by atoms with van der Waals surface area (Å²) in [6.07, 6.45) is 5.20. The highest BCUT2D eigenvalue weighted by Gasteiger charge is 2.14. The van der Waals surface area contributed by atoms with Crippen LogP contribution in [0.25, 0.3) is 11.0 Å². The normalized spacial score (nSPS) is 10.9. The standard InChI is InChI=1S/C15H11Br2NO2/c16-8-11-7-13(17)15-12(3-6-19-15)14(11)20-9-10-1-4-18-5-2-10/h1-7H,8-9H2. The van der Waals surface area contributed by atoms with Crippen LogP contribution in [0.15, 0.2) is 51.8 Å². The van der Waals surface area contributed by atoms with Crippen LogP contribution in [0, 0.1) is 0 Å². The Morgan fingerprint density at radius 2 is 2.00 bits per heavy atom. The average Bonchev–Trinajstić information content (AvgIpc) is 2.97. The highest BCUT2D eigenvalue weighted by Crippen LogP contribution is 2.37. The maximum atomic E-state index is 6.00. The van der Waals surface area contributed by atoms with Gasteiger partial charge in [-0.3, -0.25) is 4.98 Å². The highest BCUT2D eigenvalue weighted by atomic mass is 79.9. The second-order valence-corrected chi connectivity index (χ2v) is 5.70. The van der Waals surface area contributed by atoms with Crippen molar-refractivity contribution in [3.63, 3.8) is 0 Å². The predicted molar refractivity (Wildman–Crippen MR) is 85.1 cm³/mol. The molecule has 0 saturated carbocycles. The number of alkyl halides is 1. The van der Waals surface area contributed by atoms with Gasteiger partial charge in [-0.25, -0.2) is 0 Å². The number of ether oxygens (including phenoxy) is 1. The van der Waals surface area contributed by atoms with Crippen molar-refractivity contribution >= 4 is 42.8 Å². The first-order chi connectivity index (χ1) is 9.79. The lowest BCUT2D eigenvalue weighted by Gasteiger charge is -2.12. The third-order valence-electron chi connectivity index (χ3n) is 3.00. The molecule has 0 saturated heterocycles. The fraction of sp³-hybridized carbons (Fsp3) is 0.133. The number of rotatable bonds is 4. The lowest BCUT2D eigenvalue weighted by atomic mass is 10.1. The van der Waals surface area contributed by atoms with E-state index in [1.165, 1.54) is 0 Å². The number of hydrogen-bond acceptors (Lipinski definition) is 3. The summed E-state index contributed by atoms with van der Waals surface area (Å²) in [7, 11) is 0. The van der Waals surface area contributed by atoms with E-state index in [0.29, 0.717) is 6.61 Å². The second-order valence-electron chi connectivity index (χ2n) is 4.29. The van der Waals surface area contributed by atoms with Gasteiger partial charge >= 0.3 is 0 Å². The third kappa shape index (κ3) is 2.60. The van der Waals surface area contributed by atoms with E-state index in [1.807, 2.05) is 24.3 Å². The Balaban J connectivity index is 1.97. The maximum Gasteiger partial charge on any atom is 0.151 e. The van der Waals surface area contributed by atoms with Crippen LogP contribution in [0.1, 0.15) is 11.1 Å². The first-order valence-corrected chi connectivity index (χ1v) is 7.97. The molecule has 2 heterocycles. The van der Waals surface area contributed by atoms with E-state index in [0.717, 1.165) is 37.6 Å². The molecule has 0 aliphatic carbocycles. The number of nitrogens with zero attached hydrogens (tertiary/aromatic N) is 1. The van der Waals surface area contributed by atoms with Crippen molar-refractivity contribution in [2.45, 2.75) is 11.9 Å². The van der Waals surface area contributed by atoms with Gasteiger partial charge in [0.1, 0.15) is 12.4 Å². The van der Waals surface area contributed by atoms with Gasteiger partial charge in [0.25, 0.3) is 0 Å². The predicted octanol–water partition coefficient (Wildman–Crippen LogP) is 5.06. The highest BCUT2D eigenvalue weighted by molar-refractivity contribution is 9.10. The van der Waals surface area contributed by atoms with E-state index in [4.69, 9.17) is 9.15 Å². The molecule has 5 heteroatoms. The third-order valence-corrected chi connectivity index (χ3v) is 4.19. The Labute approximate surface area is 133 Å². The fourth-order valence-electron chi connectivity index (χ4n) is 2.03. The second kappa shape index (κ2) is 5.97. The molecule has 20 heavy (non-hydrogen) atoms. The summed E-state index contributed by atoms with van der Waals surface area (Å²) >= 11 is 7.02. The van der Waals surface area contributed by atoms with Gasteiger partial charge in [0, 0.05) is 23.3 Å². The van der Waals surface area contributed by atoms with Gasteiger partial charge in [-0.1, -0.05) is 15.9 Å². The van der Waals surface area contributed by atoms with Crippen LogP contribution in [0.4, 0.5) is 0 Å². The van der Waals surface area contributed by atoms with Gasteiger partial charge in [0.15, 0.2) is 5.58 Å². The molecule has 0 N–H and O–H groups in total. The van der Waals surface area contributed by atoms with Crippen molar-refractivity contribution in [1.82, 2.24) is 4.98 Å². The molecule has 1 aromatic carbocycles. The van der Waals surface area contributed by atoms with Crippen LogP contribution in [0.2, 0.25) is 0 Å².